The Morgan fingerprint density at radius 1 is 0.500 bits per heavy atom. The van der Waals surface area contributed by atoms with E-state index in [1.165, 1.54) is 0 Å². The second-order valence-corrected chi connectivity index (χ2v) is 17.6. The summed E-state index contributed by atoms with van der Waals surface area (Å²) in [7, 11) is 0. The van der Waals surface area contributed by atoms with Crippen LogP contribution < -0.4 is 0 Å². The summed E-state index contributed by atoms with van der Waals surface area (Å²) in [4.78, 5) is 0. The van der Waals surface area contributed by atoms with E-state index in [1.54, 1.807) is 12.5 Å². The Labute approximate surface area is 112 Å². The monoisotopic (exact) mass is 328 g/mol. The van der Waals surface area contributed by atoms with E-state index in [1.807, 2.05) is 0 Å². The van der Waals surface area contributed by atoms with Crippen LogP contribution in [0.15, 0.2) is 0 Å². The quantitative estimate of drug-likeness (QED) is 0.631. The molecule has 0 aliphatic heterocycles. The molecule has 0 amide bonds. The van der Waals surface area contributed by atoms with Gasteiger partial charge in [-0.25, -0.2) is 0 Å². The zero-order valence-corrected chi connectivity index (χ0v) is 16.5. The van der Waals surface area contributed by atoms with Crippen LogP contribution in [-0.2, 0) is 0 Å². The average molecular weight is 328 g/mol. The summed E-state index contributed by atoms with van der Waals surface area (Å²) in [5.74, 6) is 0. The van der Waals surface area contributed by atoms with Crippen LogP contribution in [0.2, 0.25) is 12.5 Å². The minimum absolute atomic E-state index is 0.553. The molecule has 0 bridgehead atoms. The molecule has 0 spiro atoms. The van der Waals surface area contributed by atoms with Crippen molar-refractivity contribution in [1.29, 1.82) is 0 Å². The Morgan fingerprint density at radius 3 is 0.812 bits per heavy atom. The van der Waals surface area contributed by atoms with Crippen LogP contribution in [0.5, 0.6) is 0 Å². The minimum atomic E-state index is -1.36. The summed E-state index contributed by atoms with van der Waals surface area (Å²) >= 11 is -1.36. The van der Waals surface area contributed by atoms with Crippen molar-refractivity contribution in [2.24, 2.45) is 16.2 Å². The Kier molecular flexibility index (Phi) is 5.98. The molecule has 0 aromatic heterocycles. The summed E-state index contributed by atoms with van der Waals surface area (Å²) < 4.78 is 4.68. The molecular formula is C15H33In. The van der Waals surface area contributed by atoms with Crippen molar-refractivity contribution in [1.82, 2.24) is 0 Å². The standard InChI is InChI=1S/3C5H11.In/c3*1-5(2,3)4;/h3*1H2,2-4H3;. The number of hydrogen-bond acceptors (Lipinski definition) is 0. The zero-order chi connectivity index (χ0) is 13.2. The fourth-order valence-corrected chi connectivity index (χ4v) is 18.9. The molecule has 0 aromatic carbocycles. The SMILES string of the molecule is CC(C)(C)[CH2][In]([CH2]C(C)(C)C)[CH2]C(C)(C)C. The van der Waals surface area contributed by atoms with E-state index < -0.39 is 21.4 Å². The van der Waals surface area contributed by atoms with Crippen molar-refractivity contribution >= 4 is 21.4 Å². The van der Waals surface area contributed by atoms with Gasteiger partial charge in [0.25, 0.3) is 0 Å². The van der Waals surface area contributed by atoms with E-state index in [4.69, 9.17) is 0 Å². The molecule has 0 unspecified atom stereocenters. The maximum absolute atomic E-state index is 2.42. The third-order valence-electron chi connectivity index (χ3n) is 2.70. The fourth-order valence-electron chi connectivity index (χ4n) is 2.81. The molecule has 0 aliphatic carbocycles. The summed E-state index contributed by atoms with van der Waals surface area (Å²) in [5, 5.41) is 0. The molecule has 16 heavy (non-hydrogen) atoms. The van der Waals surface area contributed by atoms with Crippen LogP contribution in [0.1, 0.15) is 62.3 Å². The third kappa shape index (κ3) is 11.4. The van der Waals surface area contributed by atoms with Gasteiger partial charge in [-0.1, -0.05) is 0 Å². The van der Waals surface area contributed by atoms with Gasteiger partial charge in [0.2, 0.25) is 0 Å². The first-order valence-corrected chi connectivity index (χ1v) is 13.8. The van der Waals surface area contributed by atoms with Crippen LogP contribution in [0, 0.1) is 16.2 Å². The van der Waals surface area contributed by atoms with E-state index >= 15 is 0 Å². The fraction of sp³-hybridized carbons (Fsp3) is 1.00. The van der Waals surface area contributed by atoms with E-state index in [0.717, 1.165) is 0 Å². The molecule has 0 fully saturated rings. The van der Waals surface area contributed by atoms with Gasteiger partial charge < -0.3 is 0 Å². The molecule has 0 aromatic rings. The molecular weight excluding hydrogens is 295 g/mol. The van der Waals surface area contributed by atoms with Gasteiger partial charge in [-0.05, 0) is 0 Å². The van der Waals surface area contributed by atoms with Gasteiger partial charge in [-0.3, -0.25) is 0 Å². The molecule has 0 radical (unpaired) electrons. The van der Waals surface area contributed by atoms with Gasteiger partial charge in [-0.2, -0.15) is 0 Å². The molecule has 0 atom stereocenters. The molecule has 0 rings (SSSR count). The van der Waals surface area contributed by atoms with Gasteiger partial charge in [0.15, 0.2) is 0 Å². The summed E-state index contributed by atoms with van der Waals surface area (Å²) in [6, 6.07) is 0. The molecule has 0 aliphatic rings. The van der Waals surface area contributed by atoms with Crippen LogP contribution in [0.3, 0.4) is 0 Å². The van der Waals surface area contributed by atoms with Crippen molar-refractivity contribution in [3.05, 3.63) is 0 Å². The Balaban J connectivity index is 4.53. The van der Waals surface area contributed by atoms with Crippen molar-refractivity contribution < 1.29 is 0 Å². The van der Waals surface area contributed by atoms with E-state index in [0.29, 0.717) is 16.2 Å². The van der Waals surface area contributed by atoms with Crippen molar-refractivity contribution in [2.45, 2.75) is 74.8 Å². The molecule has 96 valence electrons. The van der Waals surface area contributed by atoms with Crippen LogP contribution >= 0.6 is 0 Å². The van der Waals surface area contributed by atoms with E-state index in [-0.39, 0.29) is 0 Å². The first kappa shape index (κ1) is 16.9. The second-order valence-electron chi connectivity index (χ2n) is 9.16. The Morgan fingerprint density at radius 2 is 0.688 bits per heavy atom. The molecule has 0 N–H and O–H groups in total. The van der Waals surface area contributed by atoms with Gasteiger partial charge in [0.1, 0.15) is 0 Å². The Bertz CT molecular complexity index is 159. The summed E-state index contributed by atoms with van der Waals surface area (Å²) in [6.07, 6.45) is 0. The van der Waals surface area contributed by atoms with Gasteiger partial charge in [-0.15, -0.1) is 0 Å². The second kappa shape index (κ2) is 5.67. The normalized spacial score (nSPS) is 14.1. The average Bonchev–Trinajstić information content (AvgIpc) is 1.70. The number of hydrogen-bond donors (Lipinski definition) is 0. The van der Waals surface area contributed by atoms with Crippen molar-refractivity contribution in [3.8, 4) is 0 Å². The van der Waals surface area contributed by atoms with Crippen molar-refractivity contribution in [3.63, 3.8) is 0 Å². The molecule has 0 nitrogen and oxygen atoms in total. The zero-order valence-electron chi connectivity index (χ0n) is 13.2. The van der Waals surface area contributed by atoms with E-state index in [2.05, 4.69) is 62.3 Å². The Hall–Kier alpha value is 0.870. The van der Waals surface area contributed by atoms with E-state index in [9.17, 15) is 0 Å². The van der Waals surface area contributed by atoms with Crippen LogP contribution in [0.25, 0.3) is 0 Å². The third-order valence-corrected chi connectivity index (χ3v) is 18.1. The molecule has 0 heterocycles. The molecule has 1 heteroatoms. The predicted molar refractivity (Wildman–Crippen MR) is 78.5 cm³/mol. The topological polar surface area (TPSA) is 0 Å². The predicted octanol–water partition coefficient (Wildman–Crippen LogP) is 5.62. The molecule has 0 saturated heterocycles. The van der Waals surface area contributed by atoms with Gasteiger partial charge in [0, 0.05) is 0 Å². The summed E-state index contributed by atoms with van der Waals surface area (Å²) in [6.45, 7) is 21.8. The van der Waals surface area contributed by atoms with Crippen molar-refractivity contribution in [2.75, 3.05) is 0 Å². The van der Waals surface area contributed by atoms with Crippen LogP contribution in [-0.4, -0.2) is 21.4 Å². The first-order chi connectivity index (χ1) is 6.79. The summed E-state index contributed by atoms with van der Waals surface area (Å²) in [5.41, 5.74) is 1.66. The van der Waals surface area contributed by atoms with Gasteiger partial charge >= 0.3 is 113 Å². The number of rotatable bonds is 3. The first-order valence-electron chi connectivity index (χ1n) is 6.79. The maximum atomic E-state index is 2.42. The molecule has 0 saturated carbocycles. The van der Waals surface area contributed by atoms with Gasteiger partial charge in [0.05, 0.1) is 0 Å². The van der Waals surface area contributed by atoms with Crippen LogP contribution in [0.4, 0.5) is 0 Å².